The van der Waals surface area contributed by atoms with Gasteiger partial charge in [-0.3, -0.25) is 0 Å². The number of hydrogen-bond acceptors (Lipinski definition) is 2. The van der Waals surface area contributed by atoms with E-state index >= 15 is 0 Å². The Hall–Kier alpha value is -4.14. The number of benzene rings is 4. The Labute approximate surface area is 226 Å². The maximum absolute atomic E-state index is 10.1. The van der Waals surface area contributed by atoms with Gasteiger partial charge in [0.2, 0.25) is 0 Å². The van der Waals surface area contributed by atoms with E-state index in [1.165, 1.54) is 8.79 Å². The zero-order chi connectivity index (χ0) is 26.4. The van der Waals surface area contributed by atoms with Crippen molar-refractivity contribution in [2.45, 2.75) is 18.4 Å². The standard InChI is InChI=1S/C34H29GeN2O/c1-23-13-19-28-29-20-16-25(22-36)32(34(29)38-33(28)31(23)30-12-8-9-21-37(30)4)24-14-17-27(18-15-24)35(2,3)26-10-6-5-7-11-26/h5-21H,1-4H3/q+1. The normalized spacial score (nSPS) is 11.7. The number of nitrogens with zero attached hydrogens (tertiary/aromatic N) is 2. The van der Waals surface area contributed by atoms with Crippen LogP contribution in [0.5, 0.6) is 0 Å². The number of furan rings is 1. The zero-order valence-corrected chi connectivity index (χ0v) is 24.2. The van der Waals surface area contributed by atoms with Gasteiger partial charge in [0, 0.05) is 6.07 Å². The second kappa shape index (κ2) is 9.31. The van der Waals surface area contributed by atoms with E-state index in [4.69, 9.17) is 4.42 Å². The summed E-state index contributed by atoms with van der Waals surface area (Å²) in [5.41, 5.74) is 7.44. The van der Waals surface area contributed by atoms with Crippen LogP contribution in [0, 0.1) is 18.3 Å². The Morgan fingerprint density at radius 1 is 0.711 bits per heavy atom. The van der Waals surface area contributed by atoms with Gasteiger partial charge in [-0.2, -0.15) is 0 Å². The molecule has 0 atom stereocenters. The van der Waals surface area contributed by atoms with Crippen molar-refractivity contribution in [2.24, 2.45) is 7.05 Å². The topological polar surface area (TPSA) is 40.8 Å². The van der Waals surface area contributed by atoms with E-state index in [0.29, 0.717) is 5.56 Å². The number of aromatic nitrogens is 1. The van der Waals surface area contributed by atoms with Gasteiger partial charge in [-0.05, 0) is 0 Å². The molecular weight excluding hydrogens is 525 g/mol. The number of nitriles is 1. The number of fused-ring (bicyclic) bond motifs is 3. The van der Waals surface area contributed by atoms with Crippen molar-refractivity contribution in [3.05, 3.63) is 114 Å². The van der Waals surface area contributed by atoms with Crippen molar-refractivity contribution < 1.29 is 8.98 Å². The van der Waals surface area contributed by atoms with Crippen LogP contribution >= 0.6 is 0 Å². The molecule has 0 bridgehead atoms. The summed E-state index contributed by atoms with van der Waals surface area (Å²) in [5.74, 6) is 4.86. The van der Waals surface area contributed by atoms with Crippen molar-refractivity contribution in [3.8, 4) is 28.5 Å². The molecule has 0 aliphatic heterocycles. The number of rotatable bonds is 4. The summed E-state index contributed by atoms with van der Waals surface area (Å²) in [4.78, 5) is 0. The predicted octanol–water partition coefficient (Wildman–Crippen LogP) is 6.75. The molecule has 0 saturated heterocycles. The minimum absolute atomic E-state index is 0.622. The van der Waals surface area contributed by atoms with Gasteiger partial charge in [-0.15, -0.1) is 0 Å². The molecule has 0 spiro atoms. The third-order valence-electron chi connectivity index (χ3n) is 7.84. The Bertz CT molecular complexity index is 1860. The van der Waals surface area contributed by atoms with Crippen LogP contribution < -0.4 is 13.4 Å². The second-order valence-electron chi connectivity index (χ2n) is 10.5. The maximum atomic E-state index is 10.1. The Balaban J connectivity index is 1.56. The Morgan fingerprint density at radius 3 is 2.03 bits per heavy atom. The van der Waals surface area contributed by atoms with Gasteiger partial charge in [0.05, 0.1) is 0 Å². The van der Waals surface area contributed by atoms with Crippen LogP contribution in [-0.4, -0.2) is 13.3 Å². The van der Waals surface area contributed by atoms with E-state index in [-0.39, 0.29) is 0 Å². The summed E-state index contributed by atoms with van der Waals surface area (Å²) in [6.07, 6.45) is 2.05. The van der Waals surface area contributed by atoms with Crippen molar-refractivity contribution in [2.75, 3.05) is 0 Å². The zero-order valence-electron chi connectivity index (χ0n) is 22.1. The molecule has 0 radical (unpaired) electrons. The molecular formula is C34H29GeN2O+. The summed E-state index contributed by atoms with van der Waals surface area (Å²) in [7, 11) is 2.05. The van der Waals surface area contributed by atoms with Crippen LogP contribution in [0.3, 0.4) is 0 Å². The number of hydrogen-bond donors (Lipinski definition) is 0. The quantitative estimate of drug-likeness (QED) is 0.179. The molecule has 0 saturated carbocycles. The molecule has 0 aliphatic rings. The van der Waals surface area contributed by atoms with Crippen molar-refractivity contribution in [1.29, 1.82) is 5.26 Å². The van der Waals surface area contributed by atoms with Crippen LogP contribution in [-0.2, 0) is 7.05 Å². The third kappa shape index (κ3) is 3.84. The van der Waals surface area contributed by atoms with Crippen LogP contribution in [0.2, 0.25) is 11.5 Å². The molecule has 4 aromatic carbocycles. The summed E-state index contributed by atoms with van der Waals surface area (Å²) < 4.78 is 11.7. The van der Waals surface area contributed by atoms with Crippen molar-refractivity contribution in [3.63, 3.8) is 0 Å². The molecule has 0 amide bonds. The molecule has 184 valence electrons. The second-order valence-corrected chi connectivity index (χ2v) is 19.7. The molecule has 6 aromatic rings. The molecule has 0 aliphatic carbocycles. The monoisotopic (exact) mass is 555 g/mol. The molecule has 0 N–H and O–H groups in total. The third-order valence-corrected chi connectivity index (χ3v) is 15.3. The van der Waals surface area contributed by atoms with Gasteiger partial charge in [0.1, 0.15) is 0 Å². The van der Waals surface area contributed by atoms with Gasteiger partial charge in [-0.1, -0.05) is 0 Å². The molecule has 2 heterocycles. The molecule has 0 unspecified atom stereocenters. The van der Waals surface area contributed by atoms with Gasteiger partial charge >= 0.3 is 220 Å². The van der Waals surface area contributed by atoms with E-state index < -0.39 is 13.3 Å². The molecule has 6 rings (SSSR count). The van der Waals surface area contributed by atoms with Crippen molar-refractivity contribution in [1.82, 2.24) is 0 Å². The molecule has 0 fully saturated rings. The van der Waals surface area contributed by atoms with E-state index in [2.05, 4.69) is 121 Å². The summed E-state index contributed by atoms with van der Waals surface area (Å²) in [6.45, 7) is 2.12. The first-order valence-corrected chi connectivity index (χ1v) is 19.2. The fourth-order valence-corrected chi connectivity index (χ4v) is 10.5. The average Bonchev–Trinajstić information content (AvgIpc) is 3.32. The SMILES string of the molecule is Cc1ccc2c(oc3c(-c4cc[c]([Ge]([CH3])([CH3])[c]5ccccc5)cc4)c(C#N)ccc32)c1-c1cccc[n+]1C. The fraction of sp³-hybridized carbons (Fsp3) is 0.118. The minimum atomic E-state index is -2.42. The van der Waals surface area contributed by atoms with Crippen LogP contribution in [0.4, 0.5) is 0 Å². The molecule has 4 heteroatoms. The van der Waals surface area contributed by atoms with E-state index in [9.17, 15) is 5.26 Å². The molecule has 3 nitrogen and oxygen atoms in total. The summed E-state index contributed by atoms with van der Waals surface area (Å²) in [5, 5.41) is 12.2. The average molecular weight is 554 g/mol. The van der Waals surface area contributed by atoms with Crippen LogP contribution in [0.25, 0.3) is 44.3 Å². The van der Waals surface area contributed by atoms with Gasteiger partial charge < -0.3 is 0 Å². The van der Waals surface area contributed by atoms with E-state index in [0.717, 1.165) is 49.9 Å². The number of aryl methyl sites for hydroxylation is 2. The summed E-state index contributed by atoms with van der Waals surface area (Å²) >= 11 is -2.42. The van der Waals surface area contributed by atoms with Crippen LogP contribution in [0.15, 0.2) is 108 Å². The van der Waals surface area contributed by atoms with Gasteiger partial charge in [0.15, 0.2) is 0 Å². The first-order chi connectivity index (χ1) is 18.4. The first-order valence-electron chi connectivity index (χ1n) is 12.9. The molecule has 38 heavy (non-hydrogen) atoms. The number of pyridine rings is 1. The fourth-order valence-electron chi connectivity index (χ4n) is 5.56. The van der Waals surface area contributed by atoms with Crippen LogP contribution in [0.1, 0.15) is 11.1 Å². The predicted molar refractivity (Wildman–Crippen MR) is 158 cm³/mol. The van der Waals surface area contributed by atoms with E-state index in [1.54, 1.807) is 0 Å². The Kier molecular flexibility index (Phi) is 5.93. The summed E-state index contributed by atoms with van der Waals surface area (Å²) in [6, 6.07) is 36.5. The van der Waals surface area contributed by atoms with E-state index in [1.807, 2.05) is 18.2 Å². The van der Waals surface area contributed by atoms with Crippen molar-refractivity contribution >= 4 is 44.0 Å². The van der Waals surface area contributed by atoms with Gasteiger partial charge in [-0.25, -0.2) is 0 Å². The Morgan fingerprint density at radius 2 is 1.34 bits per heavy atom. The molecule has 2 aromatic heterocycles. The first kappa shape index (κ1) is 24.2. The van der Waals surface area contributed by atoms with Gasteiger partial charge in [0.25, 0.3) is 0 Å².